The average Bonchev–Trinajstić information content (AvgIpc) is 3.07. The Hall–Kier alpha value is -2.25. The van der Waals surface area contributed by atoms with Crippen LogP contribution in [0.15, 0.2) is 24.4 Å². The van der Waals surface area contributed by atoms with E-state index in [1.165, 1.54) is 18.9 Å². The largest absolute Gasteiger partial charge is 0.366 e. The summed E-state index contributed by atoms with van der Waals surface area (Å²) in [5.74, 6) is 0.598. The predicted molar refractivity (Wildman–Crippen MR) is 101 cm³/mol. The van der Waals surface area contributed by atoms with Gasteiger partial charge in [0.1, 0.15) is 11.3 Å². The first-order chi connectivity index (χ1) is 12.7. The van der Waals surface area contributed by atoms with Gasteiger partial charge in [-0.2, -0.15) is 5.10 Å². The van der Waals surface area contributed by atoms with Gasteiger partial charge in [-0.1, -0.05) is 30.5 Å². The van der Waals surface area contributed by atoms with Crippen molar-refractivity contribution in [2.45, 2.75) is 31.7 Å². The van der Waals surface area contributed by atoms with Crippen molar-refractivity contribution in [2.24, 2.45) is 11.7 Å². The highest BCUT2D eigenvalue weighted by Gasteiger charge is 2.24. The molecule has 4 rings (SSSR count). The summed E-state index contributed by atoms with van der Waals surface area (Å²) in [5, 5.41) is 10.5. The summed E-state index contributed by atoms with van der Waals surface area (Å²) in [4.78, 5) is 8.97. The number of benzene rings is 1. The number of nitrogens with two attached hydrogens (primary N) is 1. The van der Waals surface area contributed by atoms with Crippen LogP contribution in [0.1, 0.15) is 25.7 Å². The lowest BCUT2D eigenvalue weighted by Crippen LogP contribution is -2.36. The van der Waals surface area contributed by atoms with E-state index in [0.717, 1.165) is 12.8 Å². The molecule has 6 nitrogen and oxygen atoms in total. The van der Waals surface area contributed by atoms with Crippen LogP contribution in [-0.4, -0.2) is 32.8 Å². The van der Waals surface area contributed by atoms with Crippen LogP contribution < -0.4 is 11.1 Å². The Kier molecular flexibility index (Phi) is 4.74. The number of nitrogens with one attached hydrogen (secondary N) is 2. The molecule has 0 aliphatic heterocycles. The van der Waals surface area contributed by atoms with Crippen molar-refractivity contribution in [3.8, 4) is 11.3 Å². The molecule has 2 aromatic heterocycles. The van der Waals surface area contributed by atoms with Crippen molar-refractivity contribution in [2.75, 3.05) is 11.9 Å². The van der Waals surface area contributed by atoms with Gasteiger partial charge in [0, 0.05) is 11.6 Å². The molecule has 1 aliphatic carbocycles. The number of aromatic amines is 1. The van der Waals surface area contributed by atoms with E-state index in [1.54, 1.807) is 18.3 Å². The summed E-state index contributed by atoms with van der Waals surface area (Å²) in [6.07, 6.45) is 6.26. The lowest BCUT2D eigenvalue weighted by molar-refractivity contribution is 0.332. The molecular formula is C18H20ClFN6. The van der Waals surface area contributed by atoms with Gasteiger partial charge in [-0.05, 0) is 37.4 Å². The topological polar surface area (TPSA) is 92.5 Å². The zero-order chi connectivity index (χ0) is 18.1. The van der Waals surface area contributed by atoms with Crippen LogP contribution in [0, 0.1) is 11.7 Å². The molecule has 8 heteroatoms. The first-order valence-corrected chi connectivity index (χ1v) is 9.17. The lowest BCUT2D eigenvalue weighted by atomic mass is 9.84. The second-order valence-electron chi connectivity index (χ2n) is 6.66. The van der Waals surface area contributed by atoms with Crippen LogP contribution >= 0.6 is 11.6 Å². The van der Waals surface area contributed by atoms with Gasteiger partial charge in [0.05, 0.1) is 16.9 Å². The Balaban J connectivity index is 1.64. The third-order valence-corrected chi connectivity index (χ3v) is 5.32. The zero-order valence-electron chi connectivity index (χ0n) is 14.2. The van der Waals surface area contributed by atoms with Crippen LogP contribution in [0.4, 0.5) is 10.2 Å². The average molecular weight is 375 g/mol. The van der Waals surface area contributed by atoms with E-state index in [2.05, 4.69) is 25.5 Å². The van der Waals surface area contributed by atoms with Crippen LogP contribution in [-0.2, 0) is 0 Å². The number of nitrogens with zero attached hydrogens (tertiary/aromatic N) is 3. The highest BCUT2D eigenvalue weighted by atomic mass is 35.5. The molecule has 1 saturated carbocycles. The molecule has 3 aromatic rings. The molecule has 0 bridgehead atoms. The Labute approximate surface area is 155 Å². The monoisotopic (exact) mass is 374 g/mol. The standard InChI is InChI=1S/C18H20ClFN6/c19-12-6-3-5-11(15(12)20)16-17-18(26-25-16)24-14(9-22-17)23-13-7-2-1-4-10(13)8-21/h3,5-6,9-10,13H,1-2,4,7-8,21H2,(H2,23,24,25,26)/t10-,13-/m1/s1. The van der Waals surface area contributed by atoms with Crippen LogP contribution in [0.3, 0.4) is 0 Å². The maximum atomic E-state index is 14.3. The summed E-state index contributed by atoms with van der Waals surface area (Å²) in [6, 6.07) is 5.12. The van der Waals surface area contributed by atoms with E-state index in [0.29, 0.717) is 46.7 Å². The molecule has 0 spiro atoms. The first kappa shape index (κ1) is 17.2. The van der Waals surface area contributed by atoms with Crippen molar-refractivity contribution >= 4 is 28.6 Å². The SMILES string of the molecule is NC[C@H]1CCCC[C@H]1Nc1cnc2c(-c3cccc(Cl)c3F)[nH]nc2n1. The van der Waals surface area contributed by atoms with E-state index in [9.17, 15) is 4.39 Å². The fourth-order valence-electron chi connectivity index (χ4n) is 3.62. The van der Waals surface area contributed by atoms with E-state index in [4.69, 9.17) is 17.3 Å². The summed E-state index contributed by atoms with van der Waals surface area (Å²) < 4.78 is 14.3. The summed E-state index contributed by atoms with van der Waals surface area (Å²) in [7, 11) is 0. The van der Waals surface area contributed by atoms with Crippen molar-refractivity contribution in [3.05, 3.63) is 35.2 Å². The van der Waals surface area contributed by atoms with Crippen molar-refractivity contribution in [3.63, 3.8) is 0 Å². The molecule has 1 aliphatic rings. The summed E-state index contributed by atoms with van der Waals surface area (Å²) >= 11 is 5.88. The molecular weight excluding hydrogens is 355 g/mol. The zero-order valence-corrected chi connectivity index (χ0v) is 14.9. The van der Waals surface area contributed by atoms with E-state index >= 15 is 0 Å². The van der Waals surface area contributed by atoms with E-state index in [1.807, 2.05) is 0 Å². The molecule has 26 heavy (non-hydrogen) atoms. The molecule has 4 N–H and O–H groups in total. The van der Waals surface area contributed by atoms with Crippen molar-refractivity contribution in [1.82, 2.24) is 20.2 Å². The maximum Gasteiger partial charge on any atom is 0.202 e. The Morgan fingerprint density at radius 1 is 1.31 bits per heavy atom. The van der Waals surface area contributed by atoms with Gasteiger partial charge in [0.15, 0.2) is 5.82 Å². The second-order valence-corrected chi connectivity index (χ2v) is 7.07. The highest BCUT2D eigenvalue weighted by Crippen LogP contribution is 2.31. The quantitative estimate of drug-likeness (QED) is 0.646. The summed E-state index contributed by atoms with van der Waals surface area (Å²) in [6.45, 7) is 0.661. The molecule has 1 aromatic carbocycles. The van der Waals surface area contributed by atoms with Crippen LogP contribution in [0.25, 0.3) is 22.4 Å². The number of anilines is 1. The number of hydrogen-bond donors (Lipinski definition) is 3. The number of hydrogen-bond acceptors (Lipinski definition) is 5. The number of rotatable bonds is 4. The summed E-state index contributed by atoms with van der Waals surface area (Å²) in [5.41, 5.74) is 7.63. The molecule has 2 atom stereocenters. The fourth-order valence-corrected chi connectivity index (χ4v) is 3.79. The van der Waals surface area contributed by atoms with Crippen LogP contribution in [0.2, 0.25) is 5.02 Å². The van der Waals surface area contributed by atoms with Gasteiger partial charge in [0.2, 0.25) is 5.65 Å². The second kappa shape index (κ2) is 7.17. The van der Waals surface area contributed by atoms with Crippen molar-refractivity contribution < 1.29 is 4.39 Å². The number of H-pyrrole nitrogens is 1. The smallest absolute Gasteiger partial charge is 0.202 e. The Morgan fingerprint density at radius 3 is 3.00 bits per heavy atom. The Bertz CT molecular complexity index is 927. The highest BCUT2D eigenvalue weighted by molar-refractivity contribution is 6.31. The lowest BCUT2D eigenvalue weighted by Gasteiger charge is -2.31. The fraction of sp³-hybridized carbons (Fsp3) is 0.389. The van der Waals surface area contributed by atoms with Crippen molar-refractivity contribution in [1.29, 1.82) is 0 Å². The number of halogens is 2. The molecule has 0 radical (unpaired) electrons. The van der Waals surface area contributed by atoms with E-state index < -0.39 is 5.82 Å². The van der Waals surface area contributed by atoms with Gasteiger partial charge in [-0.3, -0.25) is 5.10 Å². The third kappa shape index (κ3) is 3.12. The van der Waals surface area contributed by atoms with Gasteiger partial charge in [-0.25, -0.2) is 14.4 Å². The molecule has 0 saturated heterocycles. The minimum Gasteiger partial charge on any atom is -0.366 e. The van der Waals surface area contributed by atoms with Gasteiger partial charge in [-0.15, -0.1) is 0 Å². The molecule has 2 heterocycles. The predicted octanol–water partition coefficient (Wildman–Crippen LogP) is 3.74. The van der Waals surface area contributed by atoms with Gasteiger partial charge >= 0.3 is 0 Å². The van der Waals surface area contributed by atoms with Gasteiger partial charge < -0.3 is 11.1 Å². The Morgan fingerprint density at radius 2 is 2.15 bits per heavy atom. The molecule has 1 fully saturated rings. The first-order valence-electron chi connectivity index (χ1n) is 8.79. The minimum absolute atomic E-state index is 0.0571. The molecule has 136 valence electrons. The maximum absolute atomic E-state index is 14.3. The normalized spacial score (nSPS) is 20.4. The van der Waals surface area contributed by atoms with E-state index in [-0.39, 0.29) is 5.02 Å². The number of aromatic nitrogens is 4. The molecule has 0 amide bonds. The minimum atomic E-state index is -0.503. The molecule has 0 unspecified atom stereocenters. The van der Waals surface area contributed by atoms with Gasteiger partial charge in [0.25, 0.3) is 0 Å². The number of fused-ring (bicyclic) bond motifs is 1. The van der Waals surface area contributed by atoms with Crippen LogP contribution in [0.5, 0.6) is 0 Å². The third-order valence-electron chi connectivity index (χ3n) is 5.03.